The molecule has 1 aliphatic heterocycles. The number of rotatable bonds is 5. The molecule has 3 aromatic rings. The normalized spacial score (nSPS) is 14.7. The van der Waals surface area contributed by atoms with Crippen molar-refractivity contribution in [3.8, 4) is 0 Å². The second kappa shape index (κ2) is 8.71. The first-order chi connectivity index (χ1) is 14.5. The van der Waals surface area contributed by atoms with E-state index >= 15 is 0 Å². The van der Waals surface area contributed by atoms with Gasteiger partial charge in [0.05, 0.1) is 17.5 Å². The van der Waals surface area contributed by atoms with E-state index in [1.165, 1.54) is 11.8 Å². The van der Waals surface area contributed by atoms with Crippen LogP contribution in [0.15, 0.2) is 71.7 Å². The highest BCUT2D eigenvalue weighted by Crippen LogP contribution is 2.26. The molecule has 1 aliphatic rings. The lowest BCUT2D eigenvalue weighted by molar-refractivity contribution is -0.119. The van der Waals surface area contributed by atoms with Crippen molar-refractivity contribution in [3.05, 3.63) is 77.9 Å². The maximum atomic E-state index is 12.6. The summed E-state index contributed by atoms with van der Waals surface area (Å²) in [5.41, 5.74) is 2.98. The van der Waals surface area contributed by atoms with E-state index in [9.17, 15) is 9.59 Å². The maximum Gasteiger partial charge on any atom is 0.254 e. The van der Waals surface area contributed by atoms with Crippen molar-refractivity contribution in [1.29, 1.82) is 0 Å². The van der Waals surface area contributed by atoms with Crippen LogP contribution in [0.25, 0.3) is 10.8 Å². The molecule has 152 valence electrons. The maximum absolute atomic E-state index is 12.6. The number of carbonyl (C=O) groups excluding carboxylic acids is 2. The Hall–Kier alpha value is -3.12. The molecule has 1 atom stereocenters. The lowest BCUT2D eigenvalue weighted by Gasteiger charge is -2.19. The molecule has 3 aromatic carbocycles. The van der Waals surface area contributed by atoms with Gasteiger partial charge in [-0.15, -0.1) is 0 Å². The van der Waals surface area contributed by atoms with Gasteiger partial charge < -0.3 is 5.32 Å². The fraction of sp³-hybridized carbons (Fsp3) is 0.208. The van der Waals surface area contributed by atoms with Crippen molar-refractivity contribution in [1.82, 2.24) is 5.32 Å². The van der Waals surface area contributed by atoms with Crippen molar-refractivity contribution in [2.75, 3.05) is 17.2 Å². The van der Waals surface area contributed by atoms with Crippen LogP contribution in [-0.2, 0) is 9.59 Å². The van der Waals surface area contributed by atoms with Crippen molar-refractivity contribution >= 4 is 45.2 Å². The zero-order chi connectivity index (χ0) is 21.1. The van der Waals surface area contributed by atoms with Crippen LogP contribution in [0.5, 0.6) is 0 Å². The Kier molecular flexibility index (Phi) is 5.86. The molecule has 0 unspecified atom stereocenters. The minimum absolute atomic E-state index is 0.0779. The molecule has 0 aromatic heterocycles. The van der Waals surface area contributed by atoms with Gasteiger partial charge in [-0.05, 0) is 42.3 Å². The van der Waals surface area contributed by atoms with Gasteiger partial charge in [-0.2, -0.15) is 0 Å². The first kappa shape index (κ1) is 20.2. The molecule has 4 rings (SSSR count). The highest BCUT2D eigenvalue weighted by atomic mass is 32.2. The van der Waals surface area contributed by atoms with Gasteiger partial charge in [0, 0.05) is 0 Å². The number of aryl methyl sites for hydroxylation is 1. The number of nitrogens with one attached hydrogen (secondary N) is 1. The van der Waals surface area contributed by atoms with Crippen molar-refractivity contribution < 1.29 is 9.59 Å². The topological polar surface area (TPSA) is 61.8 Å². The average Bonchev–Trinajstić information content (AvgIpc) is 3.12. The van der Waals surface area contributed by atoms with E-state index in [-0.39, 0.29) is 30.2 Å². The molecule has 0 spiro atoms. The highest BCUT2D eigenvalue weighted by Gasteiger charge is 2.28. The number of amidine groups is 1. The molecule has 30 heavy (non-hydrogen) atoms. The Morgan fingerprint density at radius 2 is 1.83 bits per heavy atom. The second-order valence-electron chi connectivity index (χ2n) is 7.31. The molecule has 0 saturated carbocycles. The Bertz CT molecular complexity index is 1120. The fourth-order valence-electron chi connectivity index (χ4n) is 3.56. The lowest BCUT2D eigenvalue weighted by Crippen LogP contribution is -2.33. The van der Waals surface area contributed by atoms with E-state index in [2.05, 4.69) is 28.5 Å². The van der Waals surface area contributed by atoms with Crippen LogP contribution in [0.1, 0.15) is 24.1 Å². The summed E-state index contributed by atoms with van der Waals surface area (Å²) in [5, 5.41) is 5.92. The van der Waals surface area contributed by atoms with Crippen LogP contribution in [0.2, 0.25) is 0 Å². The molecule has 0 fully saturated rings. The van der Waals surface area contributed by atoms with Crippen molar-refractivity contribution in [3.63, 3.8) is 0 Å². The van der Waals surface area contributed by atoms with E-state index < -0.39 is 0 Å². The van der Waals surface area contributed by atoms with E-state index in [4.69, 9.17) is 0 Å². The minimum Gasteiger partial charge on any atom is -0.349 e. The molecule has 0 aliphatic carbocycles. The Morgan fingerprint density at radius 1 is 1.10 bits per heavy atom. The summed E-state index contributed by atoms with van der Waals surface area (Å²) < 4.78 is 0. The van der Waals surface area contributed by atoms with Crippen molar-refractivity contribution in [2.24, 2.45) is 4.99 Å². The molecule has 2 amide bonds. The van der Waals surface area contributed by atoms with Gasteiger partial charge in [-0.25, -0.2) is 0 Å². The number of fused-ring (bicyclic) bond motifs is 1. The molecular weight excluding hydrogens is 394 g/mol. The standard InChI is InChI=1S/C24H23N3O2S/c1-16-10-12-19(13-11-16)27-23(29)14-25-24(27)30-15-22(28)26-17(2)20-9-5-7-18-6-3-4-8-21(18)20/h3-13,17H,14-15H2,1-2H3,(H,26,28)/t17-/m1/s1. The summed E-state index contributed by atoms with van der Waals surface area (Å²) in [6, 6.07) is 21.9. The molecule has 5 nitrogen and oxygen atoms in total. The lowest BCUT2D eigenvalue weighted by atomic mass is 10.00. The largest absolute Gasteiger partial charge is 0.349 e. The van der Waals surface area contributed by atoms with Crippen LogP contribution in [-0.4, -0.2) is 29.3 Å². The number of nitrogens with zero attached hydrogens (tertiary/aromatic N) is 2. The third-order valence-electron chi connectivity index (χ3n) is 5.08. The smallest absolute Gasteiger partial charge is 0.254 e. The quantitative estimate of drug-likeness (QED) is 0.667. The van der Waals surface area contributed by atoms with Gasteiger partial charge in [0.15, 0.2) is 5.17 Å². The number of hydrogen-bond donors (Lipinski definition) is 1. The first-order valence-corrected chi connectivity index (χ1v) is 10.9. The van der Waals surface area contributed by atoms with E-state index in [1.54, 1.807) is 4.90 Å². The van der Waals surface area contributed by atoms with Crippen LogP contribution in [0, 0.1) is 6.92 Å². The molecule has 1 N–H and O–H groups in total. The molecule has 0 saturated heterocycles. The van der Waals surface area contributed by atoms with Gasteiger partial charge in [-0.1, -0.05) is 71.9 Å². The third kappa shape index (κ3) is 4.24. The molecule has 0 bridgehead atoms. The third-order valence-corrected chi connectivity index (χ3v) is 6.06. The predicted octanol–water partition coefficient (Wildman–Crippen LogP) is 4.46. The summed E-state index contributed by atoms with van der Waals surface area (Å²) in [6.45, 7) is 4.10. The molecule has 1 heterocycles. The van der Waals surface area contributed by atoms with Gasteiger partial charge in [0.1, 0.15) is 6.54 Å². The van der Waals surface area contributed by atoms with Crippen LogP contribution >= 0.6 is 11.8 Å². The van der Waals surface area contributed by atoms with E-state index in [0.29, 0.717) is 5.17 Å². The molecule has 0 radical (unpaired) electrons. The van der Waals surface area contributed by atoms with Gasteiger partial charge in [0.25, 0.3) is 5.91 Å². The Labute approximate surface area is 180 Å². The Balaban J connectivity index is 1.40. The van der Waals surface area contributed by atoms with Crippen LogP contribution in [0.3, 0.4) is 0 Å². The van der Waals surface area contributed by atoms with Gasteiger partial charge in [0.2, 0.25) is 5.91 Å². The predicted molar refractivity (Wildman–Crippen MR) is 124 cm³/mol. The van der Waals surface area contributed by atoms with E-state index in [0.717, 1.165) is 27.6 Å². The second-order valence-corrected chi connectivity index (χ2v) is 8.25. The number of aliphatic imine (C=N–C) groups is 1. The fourth-order valence-corrected chi connectivity index (χ4v) is 4.40. The summed E-state index contributed by atoms with van der Waals surface area (Å²) in [7, 11) is 0. The van der Waals surface area contributed by atoms with Crippen molar-refractivity contribution in [2.45, 2.75) is 19.9 Å². The number of thioether (sulfide) groups is 1. The molecule has 6 heteroatoms. The van der Waals surface area contributed by atoms with Crippen LogP contribution in [0.4, 0.5) is 5.69 Å². The average molecular weight is 418 g/mol. The summed E-state index contributed by atoms with van der Waals surface area (Å²) >= 11 is 1.29. The van der Waals surface area contributed by atoms with Crippen LogP contribution < -0.4 is 10.2 Å². The SMILES string of the molecule is Cc1ccc(N2C(=O)CN=C2SCC(=O)N[C@H](C)c2cccc3ccccc23)cc1. The highest BCUT2D eigenvalue weighted by molar-refractivity contribution is 8.14. The first-order valence-electron chi connectivity index (χ1n) is 9.87. The Morgan fingerprint density at radius 3 is 2.63 bits per heavy atom. The number of benzene rings is 3. The summed E-state index contributed by atoms with van der Waals surface area (Å²) in [5.74, 6) is 0.0288. The summed E-state index contributed by atoms with van der Waals surface area (Å²) in [6.07, 6.45) is 0. The zero-order valence-corrected chi connectivity index (χ0v) is 17.8. The summed E-state index contributed by atoms with van der Waals surface area (Å²) in [4.78, 5) is 30.8. The van der Waals surface area contributed by atoms with E-state index in [1.807, 2.05) is 62.4 Å². The minimum atomic E-state index is -0.121. The monoisotopic (exact) mass is 417 g/mol. The molecular formula is C24H23N3O2S. The number of amides is 2. The number of anilines is 1. The number of carbonyl (C=O) groups is 2. The van der Waals surface area contributed by atoms with Gasteiger partial charge >= 0.3 is 0 Å². The zero-order valence-electron chi connectivity index (χ0n) is 17.0. The van der Waals surface area contributed by atoms with Gasteiger partial charge in [-0.3, -0.25) is 19.5 Å². The number of hydrogen-bond acceptors (Lipinski definition) is 4.